The van der Waals surface area contributed by atoms with Gasteiger partial charge in [-0.3, -0.25) is 4.90 Å². The number of nitrogens with zero attached hydrogens (tertiary/aromatic N) is 4. The van der Waals surface area contributed by atoms with Crippen LogP contribution in [0.4, 0.5) is 0 Å². The Bertz CT molecular complexity index is 723. The molecule has 0 amide bonds. The standard InChI is InChI=1S/C21H32N4O3/c1-26-13-11-24-9-7-17(8-10-24)14-25(16-19-5-3-12-27-19)15-18-4-2-6-20-21(18)23-28-22-20/h2,4,6,17,19H,3,5,7-16H2,1H3/t19-/m1/s1. The molecule has 0 spiro atoms. The van der Waals surface area contributed by atoms with Gasteiger partial charge in [0, 0.05) is 39.9 Å². The van der Waals surface area contributed by atoms with Gasteiger partial charge in [-0.2, -0.15) is 0 Å². The predicted molar refractivity (Wildman–Crippen MR) is 107 cm³/mol. The number of ether oxygens (including phenoxy) is 2. The van der Waals surface area contributed by atoms with Crippen LogP contribution in [0.15, 0.2) is 22.8 Å². The molecule has 3 heterocycles. The number of benzene rings is 1. The molecule has 7 nitrogen and oxygen atoms in total. The van der Waals surface area contributed by atoms with Crippen LogP contribution in [0.25, 0.3) is 11.0 Å². The fourth-order valence-electron chi connectivity index (χ4n) is 4.49. The Labute approximate surface area is 166 Å². The summed E-state index contributed by atoms with van der Waals surface area (Å²) < 4.78 is 16.1. The van der Waals surface area contributed by atoms with Crippen molar-refractivity contribution in [2.24, 2.45) is 5.92 Å². The van der Waals surface area contributed by atoms with Crippen LogP contribution in [0.2, 0.25) is 0 Å². The molecule has 7 heteroatoms. The van der Waals surface area contributed by atoms with Gasteiger partial charge in [0.15, 0.2) is 0 Å². The molecule has 28 heavy (non-hydrogen) atoms. The van der Waals surface area contributed by atoms with Gasteiger partial charge in [-0.05, 0) is 66.6 Å². The van der Waals surface area contributed by atoms with E-state index < -0.39 is 0 Å². The molecule has 0 saturated carbocycles. The zero-order valence-corrected chi connectivity index (χ0v) is 16.9. The maximum absolute atomic E-state index is 5.93. The summed E-state index contributed by atoms with van der Waals surface area (Å²) >= 11 is 0. The number of likely N-dealkylation sites (tertiary alicyclic amines) is 1. The highest BCUT2D eigenvalue weighted by molar-refractivity contribution is 5.76. The lowest BCUT2D eigenvalue weighted by atomic mass is 9.95. The van der Waals surface area contributed by atoms with Gasteiger partial charge in [0.1, 0.15) is 11.0 Å². The van der Waals surface area contributed by atoms with Crippen LogP contribution in [0.3, 0.4) is 0 Å². The van der Waals surface area contributed by atoms with Crippen LogP contribution < -0.4 is 0 Å². The summed E-state index contributed by atoms with van der Waals surface area (Å²) in [5, 5.41) is 8.12. The summed E-state index contributed by atoms with van der Waals surface area (Å²) in [5.41, 5.74) is 2.91. The van der Waals surface area contributed by atoms with E-state index in [-0.39, 0.29) is 0 Å². The van der Waals surface area contributed by atoms with Gasteiger partial charge in [-0.1, -0.05) is 12.1 Å². The van der Waals surface area contributed by atoms with Crippen LogP contribution in [0.1, 0.15) is 31.2 Å². The second-order valence-corrected chi connectivity index (χ2v) is 8.16. The summed E-state index contributed by atoms with van der Waals surface area (Å²) in [5.74, 6) is 0.731. The number of piperidine rings is 1. The number of aromatic nitrogens is 2. The quantitative estimate of drug-likeness (QED) is 0.654. The van der Waals surface area contributed by atoms with E-state index in [1.165, 1.54) is 44.3 Å². The average Bonchev–Trinajstić information content (AvgIpc) is 3.39. The van der Waals surface area contributed by atoms with Gasteiger partial charge in [0.25, 0.3) is 0 Å². The van der Waals surface area contributed by atoms with Crippen LogP contribution in [0.5, 0.6) is 0 Å². The smallest absolute Gasteiger partial charge is 0.139 e. The first-order chi connectivity index (χ1) is 13.8. The summed E-state index contributed by atoms with van der Waals surface area (Å²) in [4.78, 5) is 5.08. The fraction of sp³-hybridized carbons (Fsp3) is 0.714. The molecule has 0 aliphatic carbocycles. The summed E-state index contributed by atoms with van der Waals surface area (Å²) in [7, 11) is 1.78. The maximum Gasteiger partial charge on any atom is 0.139 e. The second kappa shape index (κ2) is 9.78. The molecule has 2 aliphatic heterocycles. The third-order valence-corrected chi connectivity index (χ3v) is 6.08. The van der Waals surface area contributed by atoms with E-state index >= 15 is 0 Å². The molecule has 1 aromatic carbocycles. The molecule has 154 valence electrons. The summed E-state index contributed by atoms with van der Waals surface area (Å²) in [6.07, 6.45) is 5.21. The maximum atomic E-state index is 5.93. The first-order valence-electron chi connectivity index (χ1n) is 10.6. The minimum Gasteiger partial charge on any atom is -0.383 e. The Balaban J connectivity index is 1.38. The van der Waals surface area contributed by atoms with Gasteiger partial charge in [0.2, 0.25) is 0 Å². The number of hydrogen-bond donors (Lipinski definition) is 0. The first-order valence-corrected chi connectivity index (χ1v) is 10.6. The normalized spacial score (nSPS) is 21.9. The van der Waals surface area contributed by atoms with Crippen molar-refractivity contribution >= 4 is 11.0 Å². The topological polar surface area (TPSA) is 63.9 Å². The molecule has 0 radical (unpaired) electrons. The van der Waals surface area contributed by atoms with Gasteiger partial charge in [0.05, 0.1) is 12.7 Å². The first kappa shape index (κ1) is 19.8. The van der Waals surface area contributed by atoms with E-state index in [9.17, 15) is 0 Å². The highest BCUT2D eigenvalue weighted by atomic mass is 16.6. The van der Waals surface area contributed by atoms with E-state index in [1.807, 2.05) is 12.1 Å². The number of methoxy groups -OCH3 is 1. The molecule has 2 aliphatic rings. The molecule has 1 atom stereocenters. The molecule has 2 aromatic rings. The lowest BCUT2D eigenvalue weighted by Crippen LogP contribution is -2.41. The van der Waals surface area contributed by atoms with Crippen LogP contribution in [-0.4, -0.2) is 79.3 Å². The molecule has 0 bridgehead atoms. The van der Waals surface area contributed by atoms with Gasteiger partial charge in [-0.15, -0.1) is 0 Å². The highest BCUT2D eigenvalue weighted by Crippen LogP contribution is 2.23. The van der Waals surface area contributed by atoms with Crippen molar-refractivity contribution in [3.63, 3.8) is 0 Å². The van der Waals surface area contributed by atoms with Gasteiger partial charge >= 0.3 is 0 Å². The molecule has 2 saturated heterocycles. The Hall–Kier alpha value is -1.54. The lowest BCUT2D eigenvalue weighted by Gasteiger charge is -2.35. The van der Waals surface area contributed by atoms with Crippen LogP contribution in [-0.2, 0) is 16.0 Å². The minimum absolute atomic E-state index is 0.358. The third-order valence-electron chi connectivity index (χ3n) is 6.08. The van der Waals surface area contributed by atoms with E-state index in [2.05, 4.69) is 26.2 Å². The Morgan fingerprint density at radius 2 is 2.07 bits per heavy atom. The van der Waals surface area contributed by atoms with E-state index in [4.69, 9.17) is 14.1 Å². The molecule has 0 unspecified atom stereocenters. The Kier molecular flexibility index (Phi) is 6.90. The molecular weight excluding hydrogens is 356 g/mol. The second-order valence-electron chi connectivity index (χ2n) is 8.16. The van der Waals surface area contributed by atoms with E-state index in [0.29, 0.717) is 6.10 Å². The average molecular weight is 389 g/mol. The zero-order chi connectivity index (χ0) is 19.2. The zero-order valence-electron chi connectivity index (χ0n) is 16.9. The molecule has 4 rings (SSSR count). The Morgan fingerprint density at radius 3 is 2.86 bits per heavy atom. The van der Waals surface area contributed by atoms with Gasteiger partial charge in [-0.25, -0.2) is 4.63 Å². The van der Waals surface area contributed by atoms with Crippen molar-refractivity contribution in [1.29, 1.82) is 0 Å². The van der Waals surface area contributed by atoms with Crippen molar-refractivity contribution in [3.8, 4) is 0 Å². The van der Waals surface area contributed by atoms with Crippen molar-refractivity contribution in [1.82, 2.24) is 20.1 Å². The molecule has 0 N–H and O–H groups in total. The number of rotatable bonds is 9. The lowest BCUT2D eigenvalue weighted by molar-refractivity contribution is 0.0553. The summed E-state index contributed by atoms with van der Waals surface area (Å²) in [6, 6.07) is 6.14. The minimum atomic E-state index is 0.358. The molecule has 1 aromatic heterocycles. The fourth-order valence-corrected chi connectivity index (χ4v) is 4.49. The van der Waals surface area contributed by atoms with E-state index in [0.717, 1.165) is 56.3 Å². The largest absolute Gasteiger partial charge is 0.383 e. The van der Waals surface area contributed by atoms with Crippen molar-refractivity contribution in [2.45, 2.75) is 38.3 Å². The highest BCUT2D eigenvalue weighted by Gasteiger charge is 2.25. The van der Waals surface area contributed by atoms with Crippen LogP contribution >= 0.6 is 0 Å². The van der Waals surface area contributed by atoms with Crippen molar-refractivity contribution in [3.05, 3.63) is 23.8 Å². The third kappa shape index (κ3) is 5.08. The molecule has 2 fully saturated rings. The van der Waals surface area contributed by atoms with Crippen LogP contribution in [0, 0.1) is 5.92 Å². The molecular formula is C21H32N4O3. The monoisotopic (exact) mass is 388 g/mol. The SMILES string of the molecule is COCCN1CCC(CN(Cc2cccc3nonc23)C[C@H]2CCCO2)CC1. The summed E-state index contributed by atoms with van der Waals surface area (Å²) in [6.45, 7) is 8.09. The number of hydrogen-bond acceptors (Lipinski definition) is 7. The predicted octanol–water partition coefficient (Wildman–Crippen LogP) is 2.56. The number of fused-ring (bicyclic) bond motifs is 1. The van der Waals surface area contributed by atoms with E-state index in [1.54, 1.807) is 7.11 Å². The Morgan fingerprint density at radius 1 is 1.18 bits per heavy atom. The van der Waals surface area contributed by atoms with Crippen molar-refractivity contribution in [2.75, 3.05) is 53.0 Å². The van der Waals surface area contributed by atoms with Gasteiger partial charge < -0.3 is 14.4 Å². The van der Waals surface area contributed by atoms with Crippen molar-refractivity contribution < 1.29 is 14.1 Å².